The highest BCUT2D eigenvalue weighted by molar-refractivity contribution is 7.92. The molecule has 0 radical (unpaired) electrons. The minimum Gasteiger partial charge on any atom is -0.355 e. The summed E-state index contributed by atoms with van der Waals surface area (Å²) in [4.78, 5) is 29.6. The number of likely N-dealkylation sites (N-methyl/N-ethyl adjacent to an activating group) is 1. The van der Waals surface area contributed by atoms with Crippen LogP contribution in [0.5, 0.6) is 0 Å². The van der Waals surface area contributed by atoms with E-state index in [4.69, 9.17) is 11.6 Å². The Hall–Kier alpha value is -4.14. The molecule has 0 aromatic heterocycles. The standard InChI is InChI=1S/C35H38ClN3O4S/c1-5-37-35(41)33(22-28-12-7-6-8-13-28)38(23-29-14-10-9-11-26(29)3)34(40)24-39(31-18-15-25(2)27(4)21-31)44(42,43)32-19-16-30(36)17-20-32/h6-21,33H,5,22-24H2,1-4H3,(H,37,41)/t33-/m0/s1. The first-order valence-electron chi connectivity index (χ1n) is 14.5. The first-order valence-corrected chi connectivity index (χ1v) is 16.3. The highest BCUT2D eigenvalue weighted by atomic mass is 35.5. The van der Waals surface area contributed by atoms with E-state index in [1.165, 1.54) is 29.2 Å². The number of nitrogens with zero attached hydrogens (tertiary/aromatic N) is 2. The summed E-state index contributed by atoms with van der Waals surface area (Å²) in [5, 5.41) is 3.28. The number of nitrogens with one attached hydrogen (secondary N) is 1. The molecule has 0 bridgehead atoms. The topological polar surface area (TPSA) is 86.8 Å². The molecule has 230 valence electrons. The molecule has 0 saturated carbocycles. The number of rotatable bonds is 12. The summed E-state index contributed by atoms with van der Waals surface area (Å²) >= 11 is 6.06. The third-order valence-corrected chi connectivity index (χ3v) is 9.72. The SMILES string of the molecule is CCNC(=O)[C@H](Cc1ccccc1)N(Cc1ccccc1C)C(=O)CN(c1ccc(C)c(C)c1)S(=O)(=O)c1ccc(Cl)cc1. The Morgan fingerprint density at radius 2 is 1.48 bits per heavy atom. The highest BCUT2D eigenvalue weighted by Gasteiger charge is 2.34. The molecule has 0 heterocycles. The number of carbonyl (C=O) groups excluding carboxylic acids is 2. The number of anilines is 1. The van der Waals surface area contributed by atoms with Crippen molar-refractivity contribution in [3.8, 4) is 0 Å². The molecule has 9 heteroatoms. The van der Waals surface area contributed by atoms with Crippen molar-refractivity contribution < 1.29 is 18.0 Å². The maximum Gasteiger partial charge on any atom is 0.264 e. The van der Waals surface area contributed by atoms with E-state index < -0.39 is 28.5 Å². The normalized spacial score (nSPS) is 11.9. The van der Waals surface area contributed by atoms with Crippen molar-refractivity contribution in [1.29, 1.82) is 0 Å². The number of sulfonamides is 1. The van der Waals surface area contributed by atoms with Crippen LogP contribution >= 0.6 is 11.6 Å². The van der Waals surface area contributed by atoms with Gasteiger partial charge in [0.2, 0.25) is 11.8 Å². The zero-order valence-electron chi connectivity index (χ0n) is 25.5. The molecule has 0 fully saturated rings. The fraction of sp³-hybridized carbons (Fsp3) is 0.257. The van der Waals surface area contributed by atoms with Crippen molar-refractivity contribution in [3.63, 3.8) is 0 Å². The van der Waals surface area contributed by atoms with Crippen molar-refractivity contribution in [2.24, 2.45) is 0 Å². The van der Waals surface area contributed by atoms with Crippen LogP contribution in [0, 0.1) is 20.8 Å². The number of carbonyl (C=O) groups is 2. The molecular formula is C35H38ClN3O4S. The minimum atomic E-state index is -4.20. The Morgan fingerprint density at radius 3 is 2.11 bits per heavy atom. The lowest BCUT2D eigenvalue weighted by Gasteiger charge is -2.34. The predicted molar refractivity (Wildman–Crippen MR) is 176 cm³/mol. The van der Waals surface area contributed by atoms with E-state index in [0.29, 0.717) is 17.3 Å². The Balaban J connectivity index is 1.82. The van der Waals surface area contributed by atoms with Crippen LogP contribution < -0.4 is 9.62 Å². The van der Waals surface area contributed by atoms with Crippen LogP contribution in [0.3, 0.4) is 0 Å². The molecular weight excluding hydrogens is 594 g/mol. The largest absolute Gasteiger partial charge is 0.355 e. The lowest BCUT2D eigenvalue weighted by Crippen LogP contribution is -2.53. The van der Waals surface area contributed by atoms with E-state index in [-0.39, 0.29) is 23.8 Å². The number of amides is 2. The zero-order chi connectivity index (χ0) is 31.9. The van der Waals surface area contributed by atoms with Crippen LogP contribution in [0.2, 0.25) is 5.02 Å². The quantitative estimate of drug-likeness (QED) is 0.201. The molecule has 2 amide bonds. The van der Waals surface area contributed by atoms with Crippen LogP contribution in [-0.4, -0.2) is 44.3 Å². The molecule has 1 N–H and O–H groups in total. The van der Waals surface area contributed by atoms with Crippen molar-refractivity contribution >= 4 is 39.1 Å². The first-order chi connectivity index (χ1) is 21.0. The van der Waals surface area contributed by atoms with Crippen molar-refractivity contribution in [1.82, 2.24) is 10.2 Å². The Kier molecular flexibility index (Phi) is 10.8. The van der Waals surface area contributed by atoms with Crippen LogP contribution in [0.4, 0.5) is 5.69 Å². The van der Waals surface area contributed by atoms with Gasteiger partial charge in [-0.1, -0.05) is 72.3 Å². The Bertz CT molecular complexity index is 1710. The summed E-state index contributed by atoms with van der Waals surface area (Å²) in [5.41, 5.74) is 4.92. The third-order valence-electron chi connectivity index (χ3n) is 7.68. The predicted octanol–water partition coefficient (Wildman–Crippen LogP) is 6.24. The maximum absolute atomic E-state index is 14.5. The van der Waals surface area contributed by atoms with Gasteiger partial charge in [0.25, 0.3) is 10.0 Å². The first kappa shape index (κ1) is 32.8. The number of aryl methyl sites for hydroxylation is 3. The number of hydrogen-bond donors (Lipinski definition) is 1. The smallest absolute Gasteiger partial charge is 0.264 e. The lowest BCUT2D eigenvalue weighted by molar-refractivity contribution is -0.140. The molecule has 1 atom stereocenters. The summed E-state index contributed by atoms with van der Waals surface area (Å²) in [6.45, 7) is 7.60. The van der Waals surface area contributed by atoms with Gasteiger partial charge >= 0.3 is 0 Å². The zero-order valence-corrected chi connectivity index (χ0v) is 27.0. The average molecular weight is 632 g/mol. The van der Waals surface area contributed by atoms with Crippen LogP contribution in [0.1, 0.15) is 34.7 Å². The van der Waals surface area contributed by atoms with Gasteiger partial charge in [-0.3, -0.25) is 13.9 Å². The molecule has 0 aliphatic heterocycles. The highest BCUT2D eigenvalue weighted by Crippen LogP contribution is 2.28. The van der Waals surface area contributed by atoms with Crippen molar-refractivity contribution in [2.45, 2.75) is 51.6 Å². The summed E-state index contributed by atoms with van der Waals surface area (Å²) in [7, 11) is -4.20. The fourth-order valence-electron chi connectivity index (χ4n) is 4.96. The summed E-state index contributed by atoms with van der Waals surface area (Å²) in [5.74, 6) is -0.812. The van der Waals surface area contributed by atoms with Gasteiger partial charge in [-0.15, -0.1) is 0 Å². The van der Waals surface area contributed by atoms with Crippen LogP contribution in [0.15, 0.2) is 102 Å². The van der Waals surface area contributed by atoms with Crippen LogP contribution in [0.25, 0.3) is 0 Å². The second kappa shape index (κ2) is 14.6. The molecule has 44 heavy (non-hydrogen) atoms. The second-order valence-corrected chi connectivity index (χ2v) is 13.1. The van der Waals surface area contributed by atoms with E-state index >= 15 is 0 Å². The number of halogens is 1. The lowest BCUT2D eigenvalue weighted by atomic mass is 10.0. The van der Waals surface area contributed by atoms with Gasteiger partial charge in [0, 0.05) is 24.5 Å². The Labute approximate surface area is 265 Å². The molecule has 0 saturated heterocycles. The Morgan fingerprint density at radius 1 is 0.818 bits per heavy atom. The van der Waals surface area contributed by atoms with Crippen molar-refractivity contribution in [2.75, 3.05) is 17.4 Å². The molecule has 0 spiro atoms. The minimum absolute atomic E-state index is 0.00273. The van der Waals surface area contributed by atoms with E-state index in [1.54, 1.807) is 12.1 Å². The van der Waals surface area contributed by atoms with Crippen molar-refractivity contribution in [3.05, 3.63) is 130 Å². The summed E-state index contributed by atoms with van der Waals surface area (Å²) in [6, 6.07) is 27.4. The van der Waals surface area contributed by atoms with Gasteiger partial charge in [0.1, 0.15) is 12.6 Å². The van der Waals surface area contributed by atoms with E-state index in [1.807, 2.05) is 88.4 Å². The van der Waals surface area contributed by atoms with Crippen LogP contribution in [-0.2, 0) is 32.6 Å². The maximum atomic E-state index is 14.5. The number of benzene rings is 4. The monoisotopic (exact) mass is 631 g/mol. The molecule has 4 rings (SSSR count). The summed E-state index contributed by atoms with van der Waals surface area (Å²) in [6.07, 6.45) is 0.262. The average Bonchev–Trinajstić information content (AvgIpc) is 3.00. The van der Waals surface area contributed by atoms with Gasteiger partial charge in [0.15, 0.2) is 0 Å². The number of hydrogen-bond acceptors (Lipinski definition) is 4. The van der Waals surface area contributed by atoms with Gasteiger partial charge in [-0.25, -0.2) is 8.42 Å². The van der Waals surface area contributed by atoms with Gasteiger partial charge in [-0.2, -0.15) is 0 Å². The molecule has 0 aliphatic carbocycles. The van der Waals surface area contributed by atoms with E-state index in [9.17, 15) is 18.0 Å². The molecule has 0 unspecified atom stereocenters. The summed E-state index contributed by atoms with van der Waals surface area (Å²) < 4.78 is 29.4. The van der Waals surface area contributed by atoms with Gasteiger partial charge < -0.3 is 10.2 Å². The molecule has 4 aromatic rings. The molecule has 0 aliphatic rings. The van der Waals surface area contributed by atoms with Gasteiger partial charge in [0.05, 0.1) is 10.6 Å². The third kappa shape index (κ3) is 7.87. The second-order valence-electron chi connectivity index (χ2n) is 10.8. The van der Waals surface area contributed by atoms with E-state index in [0.717, 1.165) is 32.1 Å². The van der Waals surface area contributed by atoms with E-state index in [2.05, 4.69) is 5.32 Å². The van der Waals surface area contributed by atoms with Gasteiger partial charge in [-0.05, 0) is 91.9 Å². The fourth-order valence-corrected chi connectivity index (χ4v) is 6.49. The molecule has 4 aromatic carbocycles. The molecule has 7 nitrogen and oxygen atoms in total.